The molecular formula is C23H32N4O4. The van der Waals surface area contributed by atoms with Gasteiger partial charge in [0.05, 0.1) is 5.92 Å². The topological polar surface area (TPSA) is 97.6 Å². The van der Waals surface area contributed by atoms with Crippen LogP contribution in [0.25, 0.3) is 0 Å². The molecule has 2 heterocycles. The number of ether oxygens (including phenoxy) is 1. The number of amides is 2. The molecule has 2 amide bonds. The first kappa shape index (κ1) is 22.8. The van der Waals surface area contributed by atoms with Gasteiger partial charge in [0, 0.05) is 32.1 Å². The van der Waals surface area contributed by atoms with Gasteiger partial charge in [0.25, 0.3) is 5.91 Å². The Bertz CT molecular complexity index is 850. The summed E-state index contributed by atoms with van der Waals surface area (Å²) in [4.78, 5) is 31.3. The molecule has 0 spiro atoms. The van der Waals surface area contributed by atoms with Crippen LogP contribution in [0.3, 0.4) is 0 Å². The second-order valence-corrected chi connectivity index (χ2v) is 7.98. The Morgan fingerprint density at radius 3 is 2.74 bits per heavy atom. The summed E-state index contributed by atoms with van der Waals surface area (Å²) >= 11 is 0. The second kappa shape index (κ2) is 11.5. The van der Waals surface area contributed by atoms with Crippen molar-refractivity contribution in [3.63, 3.8) is 0 Å². The van der Waals surface area contributed by atoms with Crippen molar-refractivity contribution in [1.82, 2.24) is 20.4 Å². The first-order chi connectivity index (χ1) is 15.1. The van der Waals surface area contributed by atoms with Gasteiger partial charge in [0.1, 0.15) is 5.75 Å². The summed E-state index contributed by atoms with van der Waals surface area (Å²) in [5.74, 6) is 1.46. The van der Waals surface area contributed by atoms with Crippen molar-refractivity contribution in [3.8, 4) is 5.75 Å². The van der Waals surface area contributed by atoms with Crippen LogP contribution in [-0.4, -0.2) is 46.5 Å². The van der Waals surface area contributed by atoms with Gasteiger partial charge in [0.15, 0.2) is 6.61 Å². The number of benzene rings is 1. The molecule has 1 aliphatic heterocycles. The molecule has 3 rings (SSSR count). The fourth-order valence-corrected chi connectivity index (χ4v) is 3.71. The van der Waals surface area contributed by atoms with E-state index in [0.717, 1.165) is 25.7 Å². The van der Waals surface area contributed by atoms with E-state index in [1.807, 2.05) is 0 Å². The zero-order chi connectivity index (χ0) is 22.1. The normalized spacial score (nSPS) is 16.2. The third-order valence-corrected chi connectivity index (χ3v) is 5.45. The number of nitrogens with zero attached hydrogens (tertiary/aromatic N) is 3. The molecule has 8 nitrogen and oxygen atoms in total. The minimum absolute atomic E-state index is 0.0548. The highest BCUT2D eigenvalue weighted by Gasteiger charge is 2.28. The number of rotatable bonds is 10. The lowest BCUT2D eigenvalue weighted by molar-refractivity contribution is -0.126. The standard InChI is InChI=1S/C23H32N4O4/c1-3-4-5-6-13-24-22(28)19-8-7-14-27(15-19)23(29)18-9-11-20(12-10-18)30-16-21-25-17(2)31-26-21/h9-12,19H,3-8,13-16H2,1-2H3,(H,24,28). The fraction of sp³-hybridized carbons (Fsp3) is 0.565. The molecule has 1 saturated heterocycles. The highest BCUT2D eigenvalue weighted by atomic mass is 16.5. The Labute approximate surface area is 183 Å². The molecular weight excluding hydrogens is 396 g/mol. The van der Waals surface area contributed by atoms with Crippen LogP contribution in [0.4, 0.5) is 0 Å². The number of piperidine rings is 1. The van der Waals surface area contributed by atoms with E-state index in [1.54, 1.807) is 36.1 Å². The monoisotopic (exact) mass is 428 g/mol. The van der Waals surface area contributed by atoms with E-state index in [-0.39, 0.29) is 24.3 Å². The molecule has 8 heteroatoms. The van der Waals surface area contributed by atoms with Gasteiger partial charge in [-0.2, -0.15) is 4.98 Å². The van der Waals surface area contributed by atoms with Crippen molar-refractivity contribution >= 4 is 11.8 Å². The molecule has 0 bridgehead atoms. The molecule has 1 aromatic heterocycles. The number of likely N-dealkylation sites (tertiary alicyclic amines) is 1. The smallest absolute Gasteiger partial charge is 0.253 e. The Kier molecular flexibility index (Phi) is 8.44. The zero-order valence-corrected chi connectivity index (χ0v) is 18.4. The molecule has 2 aromatic rings. The Morgan fingerprint density at radius 2 is 2.03 bits per heavy atom. The predicted octanol–water partition coefficient (Wildman–Crippen LogP) is 3.51. The van der Waals surface area contributed by atoms with Crippen LogP contribution in [0.1, 0.15) is 67.5 Å². The van der Waals surface area contributed by atoms with E-state index in [0.29, 0.717) is 42.7 Å². The van der Waals surface area contributed by atoms with Crippen molar-refractivity contribution in [1.29, 1.82) is 0 Å². The molecule has 1 N–H and O–H groups in total. The minimum atomic E-state index is -0.134. The summed E-state index contributed by atoms with van der Waals surface area (Å²) in [6.45, 7) is 5.95. The zero-order valence-electron chi connectivity index (χ0n) is 18.4. The van der Waals surface area contributed by atoms with Gasteiger partial charge in [0.2, 0.25) is 17.6 Å². The van der Waals surface area contributed by atoms with Crippen molar-refractivity contribution < 1.29 is 18.8 Å². The van der Waals surface area contributed by atoms with Crippen LogP contribution in [0.5, 0.6) is 5.75 Å². The molecule has 0 aliphatic carbocycles. The third kappa shape index (κ3) is 6.80. The number of nitrogens with one attached hydrogen (secondary N) is 1. The molecule has 1 unspecified atom stereocenters. The van der Waals surface area contributed by atoms with Crippen LogP contribution < -0.4 is 10.1 Å². The van der Waals surface area contributed by atoms with E-state index in [1.165, 1.54) is 12.8 Å². The van der Waals surface area contributed by atoms with Gasteiger partial charge in [-0.25, -0.2) is 0 Å². The predicted molar refractivity (Wildman–Crippen MR) is 116 cm³/mol. The SMILES string of the molecule is CCCCCCNC(=O)C1CCCN(C(=O)c2ccc(OCc3noc(C)n3)cc2)C1. The quantitative estimate of drug-likeness (QED) is 0.582. The third-order valence-electron chi connectivity index (χ3n) is 5.45. The summed E-state index contributed by atoms with van der Waals surface area (Å²) < 4.78 is 10.5. The van der Waals surface area contributed by atoms with E-state index < -0.39 is 0 Å². The first-order valence-electron chi connectivity index (χ1n) is 11.2. The van der Waals surface area contributed by atoms with Gasteiger partial charge < -0.3 is 19.5 Å². The Balaban J connectivity index is 1.47. The highest BCUT2D eigenvalue weighted by Crippen LogP contribution is 2.20. The van der Waals surface area contributed by atoms with Crippen molar-refractivity contribution in [3.05, 3.63) is 41.5 Å². The summed E-state index contributed by atoms with van der Waals surface area (Å²) in [6, 6.07) is 7.00. The molecule has 0 radical (unpaired) electrons. The Morgan fingerprint density at radius 1 is 1.23 bits per heavy atom. The lowest BCUT2D eigenvalue weighted by Gasteiger charge is -2.32. The van der Waals surface area contributed by atoms with Gasteiger partial charge in [-0.15, -0.1) is 0 Å². The molecule has 1 aliphatic rings. The summed E-state index contributed by atoms with van der Waals surface area (Å²) in [6.07, 6.45) is 6.19. The van der Waals surface area contributed by atoms with Crippen molar-refractivity contribution in [2.45, 2.75) is 59.0 Å². The van der Waals surface area contributed by atoms with Crippen molar-refractivity contribution in [2.75, 3.05) is 19.6 Å². The number of hydrogen-bond acceptors (Lipinski definition) is 6. The van der Waals surface area contributed by atoms with Crippen LogP contribution >= 0.6 is 0 Å². The average molecular weight is 429 g/mol. The maximum Gasteiger partial charge on any atom is 0.253 e. The van der Waals surface area contributed by atoms with Crippen LogP contribution in [0.15, 0.2) is 28.8 Å². The summed E-state index contributed by atoms with van der Waals surface area (Å²) in [5, 5.41) is 6.82. The van der Waals surface area contributed by atoms with E-state index in [2.05, 4.69) is 22.4 Å². The number of carbonyl (C=O) groups excluding carboxylic acids is 2. The highest BCUT2D eigenvalue weighted by molar-refractivity contribution is 5.94. The van der Waals surface area contributed by atoms with Gasteiger partial charge in [-0.3, -0.25) is 9.59 Å². The second-order valence-electron chi connectivity index (χ2n) is 7.98. The van der Waals surface area contributed by atoms with E-state index >= 15 is 0 Å². The Hall–Kier alpha value is -2.90. The minimum Gasteiger partial charge on any atom is -0.485 e. The number of aromatic nitrogens is 2. The van der Waals surface area contributed by atoms with Gasteiger partial charge in [-0.05, 0) is 43.5 Å². The summed E-state index contributed by atoms with van der Waals surface area (Å²) in [5.41, 5.74) is 0.586. The summed E-state index contributed by atoms with van der Waals surface area (Å²) in [7, 11) is 0. The molecule has 168 valence electrons. The maximum atomic E-state index is 12.9. The lowest BCUT2D eigenvalue weighted by atomic mass is 9.96. The molecule has 31 heavy (non-hydrogen) atoms. The average Bonchev–Trinajstić information content (AvgIpc) is 3.22. The first-order valence-corrected chi connectivity index (χ1v) is 11.2. The largest absolute Gasteiger partial charge is 0.485 e. The van der Waals surface area contributed by atoms with Gasteiger partial charge in [-0.1, -0.05) is 31.3 Å². The van der Waals surface area contributed by atoms with Gasteiger partial charge >= 0.3 is 0 Å². The maximum absolute atomic E-state index is 12.9. The van der Waals surface area contributed by atoms with E-state index in [9.17, 15) is 9.59 Å². The van der Waals surface area contributed by atoms with Crippen LogP contribution in [-0.2, 0) is 11.4 Å². The van der Waals surface area contributed by atoms with Crippen LogP contribution in [0.2, 0.25) is 0 Å². The molecule has 1 aromatic carbocycles. The molecule has 0 saturated carbocycles. The molecule has 1 atom stereocenters. The van der Waals surface area contributed by atoms with E-state index in [4.69, 9.17) is 9.26 Å². The van der Waals surface area contributed by atoms with Crippen molar-refractivity contribution in [2.24, 2.45) is 5.92 Å². The number of carbonyl (C=O) groups is 2. The number of hydrogen-bond donors (Lipinski definition) is 1. The fourth-order valence-electron chi connectivity index (χ4n) is 3.71. The number of aryl methyl sites for hydroxylation is 1. The molecule has 1 fully saturated rings. The lowest BCUT2D eigenvalue weighted by Crippen LogP contribution is -2.45. The van der Waals surface area contributed by atoms with Crippen LogP contribution in [0, 0.1) is 12.8 Å². The number of unbranched alkanes of at least 4 members (excludes halogenated alkanes) is 3.